The molecule has 3 heterocycles. The van der Waals surface area contributed by atoms with Crippen molar-refractivity contribution in [3.63, 3.8) is 0 Å². The van der Waals surface area contributed by atoms with E-state index in [2.05, 4.69) is 15.3 Å². The van der Waals surface area contributed by atoms with Crippen molar-refractivity contribution < 1.29 is 8.42 Å². The Labute approximate surface area is 127 Å². The fourth-order valence-corrected chi connectivity index (χ4v) is 5.26. The minimum atomic E-state index is -3.52. The molecule has 1 aliphatic heterocycles. The van der Waals surface area contributed by atoms with Gasteiger partial charge in [-0.25, -0.2) is 13.4 Å². The lowest BCUT2D eigenvalue weighted by molar-refractivity contribution is 0.271. The van der Waals surface area contributed by atoms with Crippen molar-refractivity contribution in [3.8, 4) is 0 Å². The van der Waals surface area contributed by atoms with Gasteiger partial charge in [-0.3, -0.25) is 4.98 Å². The third-order valence-electron chi connectivity index (χ3n) is 3.43. The van der Waals surface area contributed by atoms with Crippen LogP contribution in [0.2, 0.25) is 0 Å². The Morgan fingerprint density at radius 2 is 2.29 bits per heavy atom. The molecule has 0 spiro atoms. The van der Waals surface area contributed by atoms with Crippen molar-refractivity contribution in [3.05, 3.63) is 41.3 Å². The lowest BCUT2D eigenvalue weighted by Crippen LogP contribution is -2.48. The quantitative estimate of drug-likeness (QED) is 0.918. The van der Waals surface area contributed by atoms with Gasteiger partial charge in [0, 0.05) is 32.0 Å². The van der Waals surface area contributed by atoms with Gasteiger partial charge in [-0.1, -0.05) is 6.07 Å². The van der Waals surface area contributed by atoms with Crippen LogP contribution in [0, 0.1) is 6.92 Å². The van der Waals surface area contributed by atoms with Crippen LogP contribution in [0.4, 0.5) is 0 Å². The number of sulfonamides is 1. The highest BCUT2D eigenvalue weighted by molar-refractivity contribution is 7.91. The number of piperazine rings is 1. The standard InChI is InChI=1S/C13H16N4O2S2/c1-10-16-9-13(20-10)21(18,19)17-6-5-15-8-12(17)11-3-2-4-14-7-11/h2-4,7,9,12,15H,5-6,8H2,1H3. The number of hydrogen-bond donors (Lipinski definition) is 1. The van der Waals surface area contributed by atoms with Gasteiger partial charge in [0.25, 0.3) is 10.0 Å². The number of aromatic nitrogens is 2. The van der Waals surface area contributed by atoms with Crippen LogP contribution < -0.4 is 5.32 Å². The molecule has 6 nitrogen and oxygen atoms in total. The largest absolute Gasteiger partial charge is 0.313 e. The van der Waals surface area contributed by atoms with E-state index in [0.29, 0.717) is 23.8 Å². The van der Waals surface area contributed by atoms with Gasteiger partial charge in [-0.05, 0) is 18.6 Å². The van der Waals surface area contributed by atoms with Crippen LogP contribution in [0.15, 0.2) is 34.9 Å². The maximum absolute atomic E-state index is 12.8. The molecule has 1 fully saturated rings. The molecule has 1 saturated heterocycles. The number of pyridine rings is 1. The predicted molar refractivity (Wildman–Crippen MR) is 80.6 cm³/mol. The lowest BCUT2D eigenvalue weighted by Gasteiger charge is -2.34. The Bertz CT molecular complexity index is 715. The van der Waals surface area contributed by atoms with E-state index in [1.165, 1.54) is 17.5 Å². The normalized spacial score (nSPS) is 20.5. The van der Waals surface area contributed by atoms with Gasteiger partial charge >= 0.3 is 0 Å². The average Bonchev–Trinajstić information content (AvgIpc) is 2.95. The molecule has 3 rings (SSSR count). The monoisotopic (exact) mass is 324 g/mol. The molecule has 0 radical (unpaired) electrons. The van der Waals surface area contributed by atoms with Crippen molar-refractivity contribution in [1.82, 2.24) is 19.6 Å². The van der Waals surface area contributed by atoms with Gasteiger partial charge in [0.1, 0.15) is 0 Å². The Balaban J connectivity index is 1.98. The summed E-state index contributed by atoms with van der Waals surface area (Å²) in [5, 5.41) is 4.00. The molecule has 21 heavy (non-hydrogen) atoms. The zero-order valence-electron chi connectivity index (χ0n) is 11.6. The van der Waals surface area contributed by atoms with Gasteiger partial charge in [0.15, 0.2) is 4.21 Å². The molecule has 0 aliphatic carbocycles. The highest BCUT2D eigenvalue weighted by Gasteiger charge is 2.35. The van der Waals surface area contributed by atoms with Crippen LogP contribution in [0.25, 0.3) is 0 Å². The second-order valence-electron chi connectivity index (χ2n) is 4.82. The summed E-state index contributed by atoms with van der Waals surface area (Å²) in [6, 6.07) is 3.50. The minimum absolute atomic E-state index is 0.236. The van der Waals surface area contributed by atoms with Gasteiger partial charge in [-0.2, -0.15) is 4.31 Å². The van der Waals surface area contributed by atoms with Crippen LogP contribution in [-0.4, -0.2) is 42.3 Å². The van der Waals surface area contributed by atoms with Crippen LogP contribution in [0.5, 0.6) is 0 Å². The number of aryl methyl sites for hydroxylation is 1. The lowest BCUT2D eigenvalue weighted by atomic mass is 10.1. The van der Waals surface area contributed by atoms with E-state index in [4.69, 9.17) is 0 Å². The second kappa shape index (κ2) is 5.80. The summed E-state index contributed by atoms with van der Waals surface area (Å²) in [5.74, 6) is 0. The third kappa shape index (κ3) is 2.84. The molecule has 0 amide bonds. The van der Waals surface area contributed by atoms with E-state index in [1.54, 1.807) is 23.6 Å². The number of nitrogens with zero attached hydrogens (tertiary/aromatic N) is 3. The maximum Gasteiger partial charge on any atom is 0.254 e. The van der Waals surface area contributed by atoms with Crippen LogP contribution in [0.1, 0.15) is 16.6 Å². The summed E-state index contributed by atoms with van der Waals surface area (Å²) < 4.78 is 27.5. The molecule has 1 aliphatic rings. The van der Waals surface area contributed by atoms with Crippen LogP contribution in [0.3, 0.4) is 0 Å². The summed E-state index contributed by atoms with van der Waals surface area (Å²) in [4.78, 5) is 8.15. The van der Waals surface area contributed by atoms with E-state index in [9.17, 15) is 8.42 Å². The van der Waals surface area contributed by atoms with Crippen LogP contribution >= 0.6 is 11.3 Å². The highest BCUT2D eigenvalue weighted by Crippen LogP contribution is 2.30. The predicted octanol–water partition coefficient (Wildman–Crippen LogP) is 1.18. The molecular formula is C13H16N4O2S2. The molecule has 1 atom stereocenters. The van der Waals surface area contributed by atoms with Gasteiger partial charge in [0.2, 0.25) is 0 Å². The van der Waals surface area contributed by atoms with E-state index in [-0.39, 0.29) is 6.04 Å². The van der Waals surface area contributed by atoms with Gasteiger partial charge in [0.05, 0.1) is 17.2 Å². The minimum Gasteiger partial charge on any atom is -0.313 e. The Morgan fingerprint density at radius 3 is 2.95 bits per heavy atom. The van der Waals surface area contributed by atoms with Crippen molar-refractivity contribution in [2.75, 3.05) is 19.6 Å². The second-order valence-corrected chi connectivity index (χ2v) is 8.17. The highest BCUT2D eigenvalue weighted by atomic mass is 32.2. The number of rotatable bonds is 3. The third-order valence-corrected chi connectivity index (χ3v) is 6.68. The first kappa shape index (κ1) is 14.6. The molecule has 0 aromatic carbocycles. The Kier molecular flexibility index (Phi) is 4.03. The van der Waals surface area contributed by atoms with E-state index in [0.717, 1.165) is 10.6 Å². The number of nitrogens with one attached hydrogen (secondary N) is 1. The summed E-state index contributed by atoms with van der Waals surface area (Å²) >= 11 is 1.21. The maximum atomic E-state index is 12.8. The number of thiazole rings is 1. The molecular weight excluding hydrogens is 308 g/mol. The van der Waals surface area contributed by atoms with Crippen molar-refractivity contribution in [1.29, 1.82) is 0 Å². The van der Waals surface area contributed by atoms with Crippen molar-refractivity contribution >= 4 is 21.4 Å². The van der Waals surface area contributed by atoms with E-state index in [1.807, 2.05) is 12.1 Å². The number of hydrogen-bond acceptors (Lipinski definition) is 6. The first-order chi connectivity index (χ1) is 10.1. The Hall–Kier alpha value is -1.35. The zero-order valence-corrected chi connectivity index (χ0v) is 13.2. The van der Waals surface area contributed by atoms with Gasteiger partial charge in [-0.15, -0.1) is 11.3 Å². The smallest absolute Gasteiger partial charge is 0.254 e. The fraction of sp³-hybridized carbons (Fsp3) is 0.385. The van der Waals surface area contributed by atoms with Crippen molar-refractivity contribution in [2.45, 2.75) is 17.2 Å². The molecule has 1 unspecified atom stereocenters. The molecule has 0 bridgehead atoms. The van der Waals surface area contributed by atoms with Crippen LogP contribution in [-0.2, 0) is 10.0 Å². The summed E-state index contributed by atoms with van der Waals surface area (Å²) in [6.45, 7) is 3.48. The average molecular weight is 324 g/mol. The first-order valence-electron chi connectivity index (χ1n) is 6.64. The fourth-order valence-electron chi connectivity index (χ4n) is 2.41. The molecule has 8 heteroatoms. The molecule has 0 saturated carbocycles. The zero-order chi connectivity index (χ0) is 14.9. The topological polar surface area (TPSA) is 75.2 Å². The molecule has 112 valence electrons. The summed E-state index contributed by atoms with van der Waals surface area (Å²) in [6.07, 6.45) is 4.85. The van der Waals surface area contributed by atoms with Gasteiger partial charge < -0.3 is 5.32 Å². The SMILES string of the molecule is Cc1ncc(S(=O)(=O)N2CCNCC2c2cccnc2)s1. The van der Waals surface area contributed by atoms with E-state index < -0.39 is 10.0 Å². The molecule has 2 aromatic rings. The van der Waals surface area contributed by atoms with E-state index >= 15 is 0 Å². The first-order valence-corrected chi connectivity index (χ1v) is 8.89. The summed E-state index contributed by atoms with van der Waals surface area (Å²) in [7, 11) is -3.52. The Morgan fingerprint density at radius 1 is 1.43 bits per heavy atom. The summed E-state index contributed by atoms with van der Waals surface area (Å²) in [5.41, 5.74) is 0.898. The molecule has 2 aromatic heterocycles. The van der Waals surface area contributed by atoms with Crippen molar-refractivity contribution in [2.24, 2.45) is 0 Å². The molecule has 1 N–H and O–H groups in total.